The van der Waals surface area contributed by atoms with Gasteiger partial charge in [-0.1, -0.05) is 71.4 Å². The van der Waals surface area contributed by atoms with Crippen LogP contribution in [0.15, 0.2) is 36.0 Å². The Hall–Kier alpha value is -2.16. The van der Waals surface area contributed by atoms with Crippen LogP contribution in [-0.2, 0) is 14.3 Å². The number of cyclic esters (lactones) is 1. The Morgan fingerprint density at radius 1 is 1.22 bits per heavy atom. The fourth-order valence-corrected chi connectivity index (χ4v) is 5.58. The van der Waals surface area contributed by atoms with Crippen LogP contribution in [0.4, 0.5) is 4.79 Å². The summed E-state index contributed by atoms with van der Waals surface area (Å²) >= 11 is 0. The Morgan fingerprint density at radius 2 is 1.93 bits per heavy atom. The molecule has 8 nitrogen and oxygen atoms in total. The van der Waals surface area contributed by atoms with Crippen molar-refractivity contribution in [2.45, 2.75) is 111 Å². The van der Waals surface area contributed by atoms with Gasteiger partial charge < -0.3 is 29.9 Å². The molecule has 3 aliphatic heterocycles. The molecular formula is C33H56N2O6. The van der Waals surface area contributed by atoms with Gasteiger partial charge in [0, 0.05) is 32.1 Å². The van der Waals surface area contributed by atoms with Crippen molar-refractivity contribution in [1.82, 2.24) is 10.2 Å². The summed E-state index contributed by atoms with van der Waals surface area (Å²) in [6, 6.07) is 0. The molecule has 3 aliphatic rings. The number of nitrogens with one attached hydrogen (secondary N) is 1. The van der Waals surface area contributed by atoms with Gasteiger partial charge in [0.05, 0.1) is 24.7 Å². The van der Waals surface area contributed by atoms with Gasteiger partial charge in [-0.2, -0.15) is 0 Å². The van der Waals surface area contributed by atoms with E-state index >= 15 is 0 Å². The summed E-state index contributed by atoms with van der Waals surface area (Å²) in [5.41, 5.74) is 1.02. The van der Waals surface area contributed by atoms with Crippen LogP contribution < -0.4 is 5.32 Å². The van der Waals surface area contributed by atoms with Gasteiger partial charge in [0.2, 0.25) is 0 Å². The smallest absolute Gasteiger partial charge is 0.407 e. The van der Waals surface area contributed by atoms with Gasteiger partial charge in [0.25, 0.3) is 0 Å². The number of piperazine rings is 1. The lowest BCUT2D eigenvalue weighted by Crippen LogP contribution is -2.45. The predicted molar refractivity (Wildman–Crippen MR) is 164 cm³/mol. The summed E-state index contributed by atoms with van der Waals surface area (Å²) in [4.78, 5) is 24.1. The van der Waals surface area contributed by atoms with E-state index in [4.69, 9.17) is 14.6 Å². The van der Waals surface area contributed by atoms with Crippen LogP contribution in [0.2, 0.25) is 0 Å². The minimum Gasteiger partial charge on any atom is -0.465 e. The zero-order chi connectivity index (χ0) is 30.4. The van der Waals surface area contributed by atoms with Crippen molar-refractivity contribution in [2.24, 2.45) is 23.7 Å². The second-order valence-electron chi connectivity index (χ2n) is 12.4. The number of aliphatic hydroxyl groups is 1. The normalized spacial score (nSPS) is 32.0. The lowest BCUT2D eigenvalue weighted by atomic mass is 9.93. The molecule has 3 N–H and O–H groups in total. The third kappa shape index (κ3) is 13.6. The number of hydrogen-bond donors (Lipinski definition) is 3. The number of ether oxygens (including phenoxy) is 2. The predicted octanol–water partition coefficient (Wildman–Crippen LogP) is 5.96. The van der Waals surface area contributed by atoms with Crippen LogP contribution in [0.5, 0.6) is 0 Å². The number of hydrogen-bond acceptors (Lipinski definition) is 6. The Morgan fingerprint density at radius 3 is 2.56 bits per heavy atom. The van der Waals surface area contributed by atoms with Crippen molar-refractivity contribution in [3.63, 3.8) is 0 Å². The van der Waals surface area contributed by atoms with Gasteiger partial charge in [-0.05, 0) is 62.4 Å². The minimum atomic E-state index is -0.809. The summed E-state index contributed by atoms with van der Waals surface area (Å²) in [6.07, 6.45) is 15.9. The molecule has 0 spiro atoms. The Kier molecular flexibility index (Phi) is 15.7. The topological polar surface area (TPSA) is 112 Å². The molecule has 0 saturated carbocycles. The monoisotopic (exact) mass is 576 g/mol. The van der Waals surface area contributed by atoms with E-state index < -0.39 is 12.2 Å². The van der Waals surface area contributed by atoms with Crippen molar-refractivity contribution < 1.29 is 29.3 Å². The highest BCUT2D eigenvalue weighted by Gasteiger charge is 2.42. The van der Waals surface area contributed by atoms with Crippen molar-refractivity contribution >= 4 is 12.1 Å². The first kappa shape index (κ1) is 35.0. The fraction of sp³-hybridized carbons (Fsp3) is 0.758. The van der Waals surface area contributed by atoms with Crippen LogP contribution in [-0.4, -0.2) is 77.8 Å². The molecule has 8 heteroatoms. The lowest BCUT2D eigenvalue weighted by Gasteiger charge is -2.24. The average molecular weight is 577 g/mol. The van der Waals surface area contributed by atoms with E-state index in [-0.39, 0.29) is 24.4 Å². The molecule has 0 aromatic carbocycles. The molecule has 0 aromatic rings. The van der Waals surface area contributed by atoms with Crippen LogP contribution >= 0.6 is 0 Å². The quantitative estimate of drug-likeness (QED) is 0.141. The summed E-state index contributed by atoms with van der Waals surface area (Å²) in [6.45, 7) is 15.9. The summed E-state index contributed by atoms with van der Waals surface area (Å²) in [5.74, 6) is 1.36. The van der Waals surface area contributed by atoms with Crippen LogP contribution in [0.25, 0.3) is 0 Å². The summed E-state index contributed by atoms with van der Waals surface area (Å²) < 4.78 is 11.7. The molecule has 2 fully saturated rings. The maximum Gasteiger partial charge on any atom is 0.407 e. The Bertz CT molecular complexity index is 881. The highest BCUT2D eigenvalue weighted by molar-refractivity contribution is 5.70. The Labute approximate surface area is 248 Å². The van der Waals surface area contributed by atoms with E-state index in [0.29, 0.717) is 49.5 Å². The van der Waals surface area contributed by atoms with Crippen molar-refractivity contribution in [2.75, 3.05) is 26.2 Å². The molecule has 2 saturated heterocycles. The van der Waals surface area contributed by atoms with Gasteiger partial charge >= 0.3 is 12.1 Å². The maximum atomic E-state index is 12.4. The Balaban J connectivity index is 0.000000553. The number of esters is 1. The molecule has 0 aromatic heterocycles. The van der Waals surface area contributed by atoms with E-state index in [9.17, 15) is 14.7 Å². The van der Waals surface area contributed by atoms with Crippen LogP contribution in [0.1, 0.15) is 86.5 Å². The van der Waals surface area contributed by atoms with E-state index in [0.717, 1.165) is 37.9 Å². The summed E-state index contributed by atoms with van der Waals surface area (Å²) in [7, 11) is 0. The van der Waals surface area contributed by atoms with Gasteiger partial charge in [-0.25, -0.2) is 4.79 Å². The van der Waals surface area contributed by atoms with Gasteiger partial charge in [-0.15, -0.1) is 0 Å². The third-order valence-corrected chi connectivity index (χ3v) is 8.27. The van der Waals surface area contributed by atoms with E-state index in [1.54, 1.807) is 0 Å². The fourth-order valence-electron chi connectivity index (χ4n) is 5.58. The number of epoxide rings is 1. The standard InChI is InChI=1S/C28H46O4.C5H10N2O2/c1-7-10-21(4)28-25(31-28)17-20(3)12-9-14-23(6)27-22(5)13-8-11-19(2)15-16-24(29)18-26(30)32-27;8-5(9)7-3-1-6-2-4-7/h8-9,12-14,19-22,24-25,27-29H,7,10-11,15-18H2,1-6H3;6H,1-4H2,(H,8,9)/b12-9+,13-8+,23-14+;/t19?,20?,21?,22?,24?,25?,27-,28?;/m0./s1. The maximum absolute atomic E-state index is 12.4. The van der Waals surface area contributed by atoms with Crippen LogP contribution in [0, 0.1) is 23.7 Å². The number of rotatable bonds is 8. The number of aliphatic hydroxyl groups excluding tert-OH is 1. The molecule has 3 heterocycles. The summed E-state index contributed by atoms with van der Waals surface area (Å²) in [5, 5.41) is 21.7. The number of carbonyl (C=O) groups excluding carboxylic acids is 1. The minimum absolute atomic E-state index is 0.0683. The molecular weight excluding hydrogens is 520 g/mol. The number of carboxylic acid groups (broad SMARTS) is 1. The van der Waals surface area contributed by atoms with Gasteiger partial charge in [0.15, 0.2) is 0 Å². The number of nitrogens with zero attached hydrogens (tertiary/aromatic N) is 1. The first-order valence-electron chi connectivity index (χ1n) is 15.7. The number of allylic oxidation sites excluding steroid dienone is 4. The SMILES string of the molecule is CCCC(C)C1OC1CC(C)/C=C/C=C(\C)[C@H]1OC(=O)CC(O)CCC(C)C/C=C/C1C.O=C(O)N1CCNCC1. The average Bonchev–Trinajstić information content (AvgIpc) is 3.70. The molecule has 0 aliphatic carbocycles. The first-order chi connectivity index (χ1) is 19.5. The number of amides is 1. The first-order valence-corrected chi connectivity index (χ1v) is 15.7. The van der Waals surface area contributed by atoms with Crippen molar-refractivity contribution in [3.05, 3.63) is 36.0 Å². The van der Waals surface area contributed by atoms with E-state index in [1.165, 1.54) is 17.7 Å². The second-order valence-corrected chi connectivity index (χ2v) is 12.4. The van der Waals surface area contributed by atoms with Crippen molar-refractivity contribution in [1.29, 1.82) is 0 Å². The zero-order valence-electron chi connectivity index (χ0n) is 26.3. The molecule has 7 unspecified atom stereocenters. The van der Waals surface area contributed by atoms with E-state index in [2.05, 4.69) is 70.3 Å². The largest absolute Gasteiger partial charge is 0.465 e. The van der Waals surface area contributed by atoms with Crippen LogP contribution in [0.3, 0.4) is 0 Å². The second kappa shape index (κ2) is 18.4. The molecule has 3 rings (SSSR count). The third-order valence-electron chi connectivity index (χ3n) is 8.27. The molecule has 0 radical (unpaired) electrons. The van der Waals surface area contributed by atoms with Crippen molar-refractivity contribution in [3.8, 4) is 0 Å². The van der Waals surface area contributed by atoms with Gasteiger partial charge in [0.1, 0.15) is 6.10 Å². The molecule has 41 heavy (non-hydrogen) atoms. The highest BCUT2D eigenvalue weighted by Crippen LogP contribution is 2.36. The number of carbonyl (C=O) groups is 2. The molecule has 0 bridgehead atoms. The van der Waals surface area contributed by atoms with E-state index in [1.807, 2.05) is 6.92 Å². The molecule has 1 amide bonds. The van der Waals surface area contributed by atoms with Gasteiger partial charge in [-0.3, -0.25) is 4.79 Å². The lowest BCUT2D eigenvalue weighted by molar-refractivity contribution is -0.151. The zero-order valence-corrected chi connectivity index (χ0v) is 26.3. The molecule has 8 atom stereocenters. The highest BCUT2D eigenvalue weighted by atomic mass is 16.6. The molecule has 234 valence electrons.